The Balaban J connectivity index is 1.72. The van der Waals surface area contributed by atoms with E-state index in [2.05, 4.69) is 47.3 Å². The van der Waals surface area contributed by atoms with E-state index in [1.54, 1.807) is 6.92 Å². The molecule has 3 heterocycles. The predicted octanol–water partition coefficient (Wildman–Crippen LogP) is 2.85. The summed E-state index contributed by atoms with van der Waals surface area (Å²) in [6, 6.07) is 12.6. The lowest BCUT2D eigenvalue weighted by Gasteiger charge is -2.42. The SMILES string of the molecule is CC(=O)N1CCC2(CC1)Oc1ccccc1[C@H]2n1cccc1. The minimum absolute atomic E-state index is 0.155. The fourth-order valence-corrected chi connectivity index (χ4v) is 3.89. The summed E-state index contributed by atoms with van der Waals surface area (Å²) in [5.74, 6) is 1.14. The molecule has 0 unspecified atom stereocenters. The van der Waals surface area contributed by atoms with Crippen LogP contribution in [0.3, 0.4) is 0 Å². The number of ether oxygens (including phenoxy) is 1. The number of benzene rings is 1. The van der Waals surface area contributed by atoms with Gasteiger partial charge in [0.25, 0.3) is 0 Å². The fourth-order valence-electron chi connectivity index (χ4n) is 3.89. The Hall–Kier alpha value is -2.23. The molecular formula is C18H20N2O2. The largest absolute Gasteiger partial charge is 0.484 e. The van der Waals surface area contributed by atoms with E-state index in [4.69, 9.17) is 4.74 Å². The van der Waals surface area contributed by atoms with E-state index >= 15 is 0 Å². The number of nitrogens with zero attached hydrogens (tertiary/aromatic N) is 2. The van der Waals surface area contributed by atoms with Crippen molar-refractivity contribution in [3.63, 3.8) is 0 Å². The molecule has 1 saturated heterocycles. The van der Waals surface area contributed by atoms with Gasteiger partial charge in [-0.25, -0.2) is 0 Å². The second-order valence-electron chi connectivity index (χ2n) is 6.24. The third kappa shape index (κ3) is 1.94. The van der Waals surface area contributed by atoms with Crippen molar-refractivity contribution in [2.24, 2.45) is 0 Å². The van der Waals surface area contributed by atoms with Gasteiger partial charge >= 0.3 is 0 Å². The van der Waals surface area contributed by atoms with Crippen LogP contribution in [-0.4, -0.2) is 34.1 Å². The smallest absolute Gasteiger partial charge is 0.219 e. The molecule has 2 aromatic rings. The third-order valence-corrected chi connectivity index (χ3v) is 5.01. The quantitative estimate of drug-likeness (QED) is 0.811. The zero-order valence-electron chi connectivity index (χ0n) is 12.7. The molecule has 2 aliphatic heterocycles. The molecule has 4 heteroatoms. The lowest BCUT2D eigenvalue weighted by atomic mass is 9.82. The van der Waals surface area contributed by atoms with Crippen LogP contribution in [0, 0.1) is 0 Å². The van der Waals surface area contributed by atoms with E-state index < -0.39 is 0 Å². The van der Waals surface area contributed by atoms with Crippen LogP contribution < -0.4 is 4.74 Å². The highest BCUT2D eigenvalue weighted by molar-refractivity contribution is 5.73. The van der Waals surface area contributed by atoms with Gasteiger partial charge in [0, 0.05) is 50.8 Å². The van der Waals surface area contributed by atoms with Crippen LogP contribution >= 0.6 is 0 Å². The Kier molecular flexibility index (Phi) is 2.99. The number of hydrogen-bond acceptors (Lipinski definition) is 2. The molecule has 1 fully saturated rings. The Labute approximate surface area is 130 Å². The van der Waals surface area contributed by atoms with Crippen LogP contribution in [0.5, 0.6) is 5.75 Å². The van der Waals surface area contributed by atoms with Crippen LogP contribution in [-0.2, 0) is 4.79 Å². The number of aromatic nitrogens is 1. The number of likely N-dealkylation sites (tertiary alicyclic amines) is 1. The average molecular weight is 296 g/mol. The molecule has 1 amide bonds. The molecule has 1 atom stereocenters. The van der Waals surface area contributed by atoms with Crippen molar-refractivity contribution < 1.29 is 9.53 Å². The molecule has 1 aromatic carbocycles. The summed E-state index contributed by atoms with van der Waals surface area (Å²) in [5, 5.41) is 0. The Morgan fingerprint density at radius 1 is 1.14 bits per heavy atom. The summed E-state index contributed by atoms with van der Waals surface area (Å²) < 4.78 is 8.69. The number of rotatable bonds is 1. The summed E-state index contributed by atoms with van der Waals surface area (Å²) in [5.41, 5.74) is 1.00. The first-order valence-electron chi connectivity index (χ1n) is 7.85. The van der Waals surface area contributed by atoms with Gasteiger partial charge in [-0.15, -0.1) is 0 Å². The van der Waals surface area contributed by atoms with Crippen molar-refractivity contribution in [1.82, 2.24) is 9.47 Å². The second-order valence-corrected chi connectivity index (χ2v) is 6.24. The summed E-state index contributed by atoms with van der Waals surface area (Å²) in [6.45, 7) is 3.17. The molecule has 114 valence electrons. The normalized spacial score (nSPS) is 22.4. The predicted molar refractivity (Wildman–Crippen MR) is 83.9 cm³/mol. The van der Waals surface area contributed by atoms with Crippen LogP contribution in [0.15, 0.2) is 48.8 Å². The molecule has 1 spiro atoms. The average Bonchev–Trinajstić information content (AvgIpc) is 3.12. The zero-order chi connectivity index (χ0) is 15.2. The summed E-state index contributed by atoms with van der Waals surface area (Å²) >= 11 is 0. The van der Waals surface area contributed by atoms with Gasteiger partial charge < -0.3 is 14.2 Å². The first-order chi connectivity index (χ1) is 10.7. The van der Waals surface area contributed by atoms with Gasteiger partial charge in [0.05, 0.1) is 0 Å². The van der Waals surface area contributed by atoms with Gasteiger partial charge in [-0.05, 0) is 18.2 Å². The standard InChI is InChI=1S/C18H20N2O2/c1-14(21)19-12-8-18(9-13-19)17(20-10-4-5-11-20)15-6-2-3-7-16(15)22-18/h2-7,10-11,17H,8-9,12-13H2,1H3/t17-/m1/s1. The number of amides is 1. The molecule has 4 nitrogen and oxygen atoms in total. The minimum Gasteiger partial charge on any atom is -0.484 e. The van der Waals surface area contributed by atoms with Crippen LogP contribution in [0.4, 0.5) is 0 Å². The topological polar surface area (TPSA) is 34.5 Å². The van der Waals surface area contributed by atoms with Gasteiger partial charge in [0.15, 0.2) is 0 Å². The van der Waals surface area contributed by atoms with Gasteiger partial charge in [-0.3, -0.25) is 4.79 Å². The van der Waals surface area contributed by atoms with Crippen LogP contribution in [0.1, 0.15) is 31.4 Å². The van der Waals surface area contributed by atoms with E-state index in [1.807, 2.05) is 11.0 Å². The van der Waals surface area contributed by atoms with E-state index in [0.717, 1.165) is 31.7 Å². The number of para-hydroxylation sites is 1. The minimum atomic E-state index is -0.241. The summed E-state index contributed by atoms with van der Waals surface area (Å²) in [4.78, 5) is 13.5. The second kappa shape index (κ2) is 4.90. The highest BCUT2D eigenvalue weighted by atomic mass is 16.5. The van der Waals surface area contributed by atoms with Crippen molar-refractivity contribution in [3.05, 3.63) is 54.4 Å². The highest BCUT2D eigenvalue weighted by Gasteiger charge is 2.50. The van der Waals surface area contributed by atoms with Crippen LogP contribution in [0.2, 0.25) is 0 Å². The third-order valence-electron chi connectivity index (χ3n) is 5.01. The van der Waals surface area contributed by atoms with Gasteiger partial charge in [0.2, 0.25) is 5.91 Å². The van der Waals surface area contributed by atoms with Gasteiger partial charge in [-0.2, -0.15) is 0 Å². The number of piperidine rings is 1. The van der Waals surface area contributed by atoms with E-state index in [-0.39, 0.29) is 17.6 Å². The number of hydrogen-bond donors (Lipinski definition) is 0. The molecule has 0 bridgehead atoms. The molecule has 0 N–H and O–H groups in total. The first-order valence-corrected chi connectivity index (χ1v) is 7.85. The molecule has 2 aliphatic rings. The molecule has 1 aromatic heterocycles. The molecule has 0 saturated carbocycles. The van der Waals surface area contributed by atoms with E-state index in [1.165, 1.54) is 5.56 Å². The Morgan fingerprint density at radius 2 is 1.82 bits per heavy atom. The van der Waals surface area contributed by atoms with Crippen molar-refractivity contribution in [2.75, 3.05) is 13.1 Å². The molecule has 22 heavy (non-hydrogen) atoms. The Bertz CT molecular complexity index is 685. The maximum Gasteiger partial charge on any atom is 0.219 e. The maximum atomic E-state index is 11.6. The first kappa shape index (κ1) is 13.4. The van der Waals surface area contributed by atoms with Crippen LogP contribution in [0.25, 0.3) is 0 Å². The van der Waals surface area contributed by atoms with E-state index in [9.17, 15) is 4.79 Å². The Morgan fingerprint density at radius 3 is 2.50 bits per heavy atom. The molecule has 0 aliphatic carbocycles. The monoisotopic (exact) mass is 296 g/mol. The number of fused-ring (bicyclic) bond motifs is 1. The van der Waals surface area contributed by atoms with Gasteiger partial charge in [-0.1, -0.05) is 18.2 Å². The maximum absolute atomic E-state index is 11.6. The number of carbonyl (C=O) groups is 1. The molecule has 0 radical (unpaired) electrons. The highest BCUT2D eigenvalue weighted by Crippen LogP contribution is 2.50. The van der Waals surface area contributed by atoms with Crippen molar-refractivity contribution in [1.29, 1.82) is 0 Å². The van der Waals surface area contributed by atoms with Crippen molar-refractivity contribution in [2.45, 2.75) is 31.4 Å². The van der Waals surface area contributed by atoms with Gasteiger partial charge in [0.1, 0.15) is 17.4 Å². The van der Waals surface area contributed by atoms with Crippen molar-refractivity contribution >= 4 is 5.91 Å². The van der Waals surface area contributed by atoms with E-state index in [0.29, 0.717) is 0 Å². The lowest BCUT2D eigenvalue weighted by Crippen LogP contribution is -2.51. The lowest BCUT2D eigenvalue weighted by molar-refractivity contribution is -0.132. The molecule has 4 rings (SSSR count). The van der Waals surface area contributed by atoms with Crippen molar-refractivity contribution in [3.8, 4) is 5.75 Å². The zero-order valence-corrected chi connectivity index (χ0v) is 12.7. The fraction of sp³-hybridized carbons (Fsp3) is 0.389. The summed E-state index contributed by atoms with van der Waals surface area (Å²) in [6.07, 6.45) is 5.94. The summed E-state index contributed by atoms with van der Waals surface area (Å²) in [7, 11) is 0. The number of carbonyl (C=O) groups excluding carboxylic acids is 1. The molecular weight excluding hydrogens is 276 g/mol.